The molecule has 0 aliphatic heterocycles. The van der Waals surface area contributed by atoms with Crippen LogP contribution in [0.25, 0.3) is 0 Å². The Labute approximate surface area is 121 Å². The van der Waals surface area contributed by atoms with E-state index in [9.17, 15) is 4.79 Å². The first-order valence-electron chi connectivity index (χ1n) is 5.82. The Hall–Kier alpha value is -1.45. The molecule has 2 aromatic carbocycles. The number of halogens is 1. The molecule has 1 unspecified atom stereocenters. The number of aldehydes is 1. The van der Waals surface area contributed by atoms with Gasteiger partial charge in [-0.05, 0) is 43.3 Å². The van der Waals surface area contributed by atoms with Crippen LogP contribution < -0.4 is 4.74 Å². The average molecular weight is 293 g/mol. The Balaban J connectivity index is 2.03. The van der Waals surface area contributed by atoms with Crippen LogP contribution in [0.2, 0.25) is 5.02 Å². The Kier molecular flexibility index (Phi) is 4.88. The molecule has 0 radical (unpaired) electrons. The lowest BCUT2D eigenvalue weighted by Gasteiger charge is -2.15. The van der Waals surface area contributed by atoms with Gasteiger partial charge in [-0.2, -0.15) is 0 Å². The van der Waals surface area contributed by atoms with E-state index < -0.39 is 0 Å². The van der Waals surface area contributed by atoms with Crippen LogP contribution in [0.4, 0.5) is 0 Å². The number of hydrogen-bond donors (Lipinski definition) is 0. The van der Waals surface area contributed by atoms with Crippen molar-refractivity contribution in [1.29, 1.82) is 0 Å². The van der Waals surface area contributed by atoms with Crippen molar-refractivity contribution in [2.75, 3.05) is 0 Å². The van der Waals surface area contributed by atoms with Crippen LogP contribution in [0.1, 0.15) is 17.3 Å². The van der Waals surface area contributed by atoms with Gasteiger partial charge in [0.15, 0.2) is 6.29 Å². The first-order chi connectivity index (χ1) is 9.19. The molecule has 2 rings (SSSR count). The van der Waals surface area contributed by atoms with Crippen LogP contribution in [0, 0.1) is 0 Å². The predicted molar refractivity (Wildman–Crippen MR) is 79.2 cm³/mol. The van der Waals surface area contributed by atoms with Crippen molar-refractivity contribution in [3.05, 3.63) is 59.1 Å². The maximum absolute atomic E-state index is 10.9. The highest BCUT2D eigenvalue weighted by molar-refractivity contribution is 7.99. The zero-order valence-electron chi connectivity index (χ0n) is 10.4. The first-order valence-corrected chi connectivity index (χ1v) is 7.08. The van der Waals surface area contributed by atoms with E-state index in [4.69, 9.17) is 16.3 Å². The van der Waals surface area contributed by atoms with Crippen molar-refractivity contribution in [3.8, 4) is 5.75 Å². The average Bonchev–Trinajstić information content (AvgIpc) is 2.42. The summed E-state index contributed by atoms with van der Waals surface area (Å²) in [5, 5.41) is 0.712. The number of hydrogen-bond acceptors (Lipinski definition) is 3. The van der Waals surface area contributed by atoms with E-state index in [-0.39, 0.29) is 5.44 Å². The molecule has 0 spiro atoms. The zero-order valence-corrected chi connectivity index (χ0v) is 11.9. The third kappa shape index (κ3) is 4.01. The highest BCUT2D eigenvalue weighted by atomic mass is 35.5. The molecule has 4 heteroatoms. The Morgan fingerprint density at radius 1 is 1.16 bits per heavy atom. The minimum absolute atomic E-state index is 0.0951. The number of carbonyl (C=O) groups is 1. The number of para-hydroxylation sites is 1. The van der Waals surface area contributed by atoms with Crippen molar-refractivity contribution in [1.82, 2.24) is 0 Å². The van der Waals surface area contributed by atoms with E-state index in [0.717, 1.165) is 11.2 Å². The first kappa shape index (κ1) is 14.0. The van der Waals surface area contributed by atoms with Gasteiger partial charge in [-0.1, -0.05) is 35.5 Å². The number of benzene rings is 2. The summed E-state index contributed by atoms with van der Waals surface area (Å²) >= 11 is 7.41. The normalized spacial score (nSPS) is 11.9. The van der Waals surface area contributed by atoms with Gasteiger partial charge >= 0.3 is 0 Å². The van der Waals surface area contributed by atoms with E-state index in [0.29, 0.717) is 16.3 Å². The minimum Gasteiger partial charge on any atom is -0.479 e. The van der Waals surface area contributed by atoms with Gasteiger partial charge in [0.25, 0.3) is 0 Å². The molecule has 0 fully saturated rings. The minimum atomic E-state index is -0.0951. The maximum Gasteiger partial charge on any atom is 0.153 e. The molecule has 0 aromatic heterocycles. The van der Waals surface area contributed by atoms with Crippen LogP contribution in [0.5, 0.6) is 5.75 Å². The Morgan fingerprint density at radius 2 is 1.84 bits per heavy atom. The summed E-state index contributed by atoms with van der Waals surface area (Å²) in [6.45, 7) is 1.95. The lowest BCUT2D eigenvalue weighted by Crippen LogP contribution is -2.08. The molecule has 2 aromatic rings. The fourth-order valence-electron chi connectivity index (χ4n) is 1.59. The van der Waals surface area contributed by atoms with Gasteiger partial charge in [0, 0.05) is 9.92 Å². The molecule has 0 aliphatic carbocycles. The molecule has 0 amide bonds. The quantitative estimate of drug-likeness (QED) is 0.455. The molecule has 0 aliphatic rings. The smallest absolute Gasteiger partial charge is 0.153 e. The molecule has 19 heavy (non-hydrogen) atoms. The van der Waals surface area contributed by atoms with Crippen LogP contribution in [-0.4, -0.2) is 11.7 Å². The molecule has 0 saturated carbocycles. The van der Waals surface area contributed by atoms with Crippen LogP contribution >= 0.6 is 23.4 Å². The van der Waals surface area contributed by atoms with Gasteiger partial charge in [0.05, 0.1) is 5.56 Å². The van der Waals surface area contributed by atoms with E-state index in [2.05, 4.69) is 0 Å². The molecular formula is C15H13ClO2S. The summed E-state index contributed by atoms with van der Waals surface area (Å²) in [5.41, 5.74) is 0.466. The number of ether oxygens (including phenoxy) is 1. The predicted octanol–water partition coefficient (Wildman–Crippen LogP) is 4.67. The SMILES string of the molecule is CC(Oc1ccccc1C=O)Sc1ccc(Cl)cc1. The van der Waals surface area contributed by atoms with Crippen LogP contribution in [0.15, 0.2) is 53.4 Å². The molecule has 0 bridgehead atoms. The Bertz CT molecular complexity index is 554. The van der Waals surface area contributed by atoms with Crippen molar-refractivity contribution >= 4 is 29.6 Å². The molecule has 98 valence electrons. The summed E-state index contributed by atoms with van der Waals surface area (Å²) in [6.07, 6.45) is 0.801. The summed E-state index contributed by atoms with van der Waals surface area (Å²) in [4.78, 5) is 12.0. The second-order valence-electron chi connectivity index (χ2n) is 3.91. The molecule has 1 atom stereocenters. The second kappa shape index (κ2) is 6.64. The highest BCUT2D eigenvalue weighted by Crippen LogP contribution is 2.27. The Morgan fingerprint density at radius 3 is 2.53 bits per heavy atom. The van der Waals surface area contributed by atoms with Crippen LogP contribution in [-0.2, 0) is 0 Å². The third-order valence-electron chi connectivity index (χ3n) is 2.45. The zero-order chi connectivity index (χ0) is 13.7. The van der Waals surface area contributed by atoms with E-state index >= 15 is 0 Å². The van der Waals surface area contributed by atoms with Gasteiger partial charge < -0.3 is 4.74 Å². The van der Waals surface area contributed by atoms with Gasteiger partial charge in [-0.25, -0.2) is 0 Å². The summed E-state index contributed by atoms with van der Waals surface area (Å²) in [6, 6.07) is 14.8. The number of thioether (sulfide) groups is 1. The number of carbonyl (C=O) groups excluding carboxylic acids is 1. The van der Waals surface area contributed by atoms with Crippen LogP contribution in [0.3, 0.4) is 0 Å². The maximum atomic E-state index is 10.9. The monoisotopic (exact) mass is 292 g/mol. The fraction of sp³-hybridized carbons (Fsp3) is 0.133. The van der Waals surface area contributed by atoms with E-state index in [1.807, 2.05) is 43.3 Å². The van der Waals surface area contributed by atoms with Crippen molar-refractivity contribution in [2.24, 2.45) is 0 Å². The molecule has 0 heterocycles. The van der Waals surface area contributed by atoms with E-state index in [1.54, 1.807) is 23.9 Å². The standard InChI is InChI=1S/C15H13ClO2S/c1-11(19-14-8-6-13(16)7-9-14)18-15-5-3-2-4-12(15)10-17/h2-11H,1H3. The topological polar surface area (TPSA) is 26.3 Å². The highest BCUT2D eigenvalue weighted by Gasteiger charge is 2.09. The van der Waals surface area contributed by atoms with Gasteiger partial charge in [-0.15, -0.1) is 0 Å². The fourth-order valence-corrected chi connectivity index (χ4v) is 2.55. The molecular weight excluding hydrogens is 280 g/mol. The van der Waals surface area contributed by atoms with Gasteiger partial charge in [0.1, 0.15) is 11.2 Å². The summed E-state index contributed by atoms with van der Waals surface area (Å²) < 4.78 is 5.77. The second-order valence-corrected chi connectivity index (χ2v) is 5.72. The van der Waals surface area contributed by atoms with E-state index in [1.165, 1.54) is 0 Å². The number of rotatable bonds is 5. The van der Waals surface area contributed by atoms with Gasteiger partial charge in [-0.3, -0.25) is 4.79 Å². The van der Waals surface area contributed by atoms with Crippen molar-refractivity contribution in [3.63, 3.8) is 0 Å². The lowest BCUT2D eigenvalue weighted by molar-refractivity contribution is 0.111. The molecule has 2 nitrogen and oxygen atoms in total. The van der Waals surface area contributed by atoms with Gasteiger partial charge in [0.2, 0.25) is 0 Å². The molecule has 0 saturated heterocycles. The molecule has 0 N–H and O–H groups in total. The summed E-state index contributed by atoms with van der Waals surface area (Å²) in [5.74, 6) is 0.603. The summed E-state index contributed by atoms with van der Waals surface area (Å²) in [7, 11) is 0. The lowest BCUT2D eigenvalue weighted by atomic mass is 10.2. The van der Waals surface area contributed by atoms with Crippen molar-refractivity contribution in [2.45, 2.75) is 17.3 Å². The third-order valence-corrected chi connectivity index (χ3v) is 3.68. The largest absolute Gasteiger partial charge is 0.479 e. The van der Waals surface area contributed by atoms with Crippen molar-refractivity contribution < 1.29 is 9.53 Å².